The number of carbonyl (C=O) groups is 1. The van der Waals surface area contributed by atoms with Crippen LogP contribution < -0.4 is 45.6 Å². The number of amides is 1. The van der Waals surface area contributed by atoms with Gasteiger partial charge in [-0.15, -0.1) is 0 Å². The van der Waals surface area contributed by atoms with Gasteiger partial charge in [-0.1, -0.05) is 17.7 Å². The van der Waals surface area contributed by atoms with Gasteiger partial charge in [0.15, 0.2) is 18.2 Å². The summed E-state index contributed by atoms with van der Waals surface area (Å²) in [7, 11) is 1.24. The Morgan fingerprint density at radius 3 is 2.46 bits per heavy atom. The van der Waals surface area contributed by atoms with Gasteiger partial charge in [-0.05, 0) is 80.4 Å². The van der Waals surface area contributed by atoms with Crippen molar-refractivity contribution < 1.29 is 36.9 Å². The monoisotopic (exact) mass is 981 g/mol. The summed E-state index contributed by atoms with van der Waals surface area (Å²) in [5.41, 5.74) is 2.86. The average molecular weight is 983 g/mol. The molecule has 4 N–H and O–H groups in total. The Morgan fingerprint density at radius 2 is 1.67 bits per heavy atom. The Balaban J connectivity index is 0.796. The van der Waals surface area contributed by atoms with E-state index in [9.17, 15) is 22.8 Å². The summed E-state index contributed by atoms with van der Waals surface area (Å²) in [5, 5.41) is 7.47. The van der Waals surface area contributed by atoms with E-state index in [1.807, 2.05) is 30.3 Å². The quantitative estimate of drug-likeness (QED) is 0.0613. The van der Waals surface area contributed by atoms with E-state index in [1.54, 1.807) is 82.1 Å². The Labute approximate surface area is 402 Å². The Morgan fingerprint density at radius 1 is 0.884 bits per heavy atom. The third-order valence-corrected chi connectivity index (χ3v) is 13.1. The van der Waals surface area contributed by atoms with Crippen LogP contribution in [0.5, 0.6) is 23.0 Å². The van der Waals surface area contributed by atoms with Crippen LogP contribution in [0.15, 0.2) is 101 Å². The molecule has 8 rings (SSSR count). The first-order valence-electron chi connectivity index (χ1n) is 22.2. The average Bonchev–Trinajstić information content (AvgIpc) is 3.85. The molecule has 1 fully saturated rings. The van der Waals surface area contributed by atoms with Gasteiger partial charge in [0.2, 0.25) is 16.0 Å². The highest BCUT2D eigenvalue weighted by molar-refractivity contribution is 7.92. The molecule has 0 spiro atoms. The van der Waals surface area contributed by atoms with Crippen LogP contribution in [0.4, 0.5) is 23.1 Å². The van der Waals surface area contributed by atoms with Gasteiger partial charge in [-0.25, -0.2) is 13.4 Å². The summed E-state index contributed by atoms with van der Waals surface area (Å²) in [6, 6.07) is 21.1. The highest BCUT2D eigenvalue weighted by atomic mass is 35.5. The molecule has 1 saturated heterocycles. The van der Waals surface area contributed by atoms with Crippen LogP contribution in [0.2, 0.25) is 5.02 Å². The van der Waals surface area contributed by atoms with E-state index in [0.717, 1.165) is 12.8 Å². The molecule has 0 bridgehead atoms. The topological polar surface area (TPSA) is 222 Å². The number of pyridine rings is 2. The number of ether oxygens (including phenoxy) is 5. The highest BCUT2D eigenvalue weighted by Crippen LogP contribution is 2.39. The highest BCUT2D eigenvalue weighted by Gasteiger charge is 2.23. The smallest absolute Gasteiger partial charge is 0.293 e. The first-order chi connectivity index (χ1) is 33.3. The number of carbonyl (C=O) groups excluding carboxylic acids is 1. The van der Waals surface area contributed by atoms with Gasteiger partial charge in [0, 0.05) is 86.0 Å². The van der Waals surface area contributed by atoms with E-state index in [-0.39, 0.29) is 41.2 Å². The van der Waals surface area contributed by atoms with Gasteiger partial charge < -0.3 is 53.3 Å². The lowest BCUT2D eigenvalue weighted by Gasteiger charge is -2.32. The van der Waals surface area contributed by atoms with Crippen molar-refractivity contribution in [1.82, 2.24) is 29.4 Å². The van der Waals surface area contributed by atoms with Gasteiger partial charge in [0.25, 0.3) is 17.0 Å². The number of nitrogens with one attached hydrogen (secondary N) is 4. The van der Waals surface area contributed by atoms with E-state index >= 15 is 0 Å². The zero-order valence-electron chi connectivity index (χ0n) is 38.4. The minimum atomic E-state index is -3.56. The minimum absolute atomic E-state index is 0.0489. The molecule has 0 radical (unpaired) electrons. The van der Waals surface area contributed by atoms with E-state index in [1.165, 1.54) is 16.2 Å². The molecule has 0 atom stereocenters. The number of rotatable bonds is 20. The molecule has 21 heteroatoms. The molecule has 1 aliphatic rings. The number of aromatic nitrogens is 5. The molecular formula is C48H52ClN9O10S. The largest absolute Gasteiger partial charge is 0.491 e. The van der Waals surface area contributed by atoms with Gasteiger partial charge in [0.1, 0.15) is 34.4 Å². The predicted octanol–water partition coefficient (Wildman–Crippen LogP) is 6.33. The molecule has 4 aromatic heterocycles. The van der Waals surface area contributed by atoms with E-state index in [4.69, 9.17) is 40.3 Å². The first kappa shape index (κ1) is 48.3. The second kappa shape index (κ2) is 21.4. The summed E-state index contributed by atoms with van der Waals surface area (Å²) >= 11 is 6.53. The van der Waals surface area contributed by atoms with Gasteiger partial charge in [0.05, 0.1) is 43.4 Å². The van der Waals surface area contributed by atoms with Gasteiger partial charge in [-0.2, -0.15) is 4.98 Å². The number of piperidine rings is 1. The number of nitrogens with zero attached hydrogens (tertiary/aromatic N) is 5. The minimum Gasteiger partial charge on any atom is -0.491 e. The van der Waals surface area contributed by atoms with Crippen LogP contribution in [0.3, 0.4) is 0 Å². The molecule has 19 nitrogen and oxygen atoms in total. The number of sulfonamides is 1. The summed E-state index contributed by atoms with van der Waals surface area (Å²) in [6.45, 7) is 4.09. The predicted molar refractivity (Wildman–Crippen MR) is 265 cm³/mol. The summed E-state index contributed by atoms with van der Waals surface area (Å²) in [4.78, 5) is 51.7. The van der Waals surface area contributed by atoms with Crippen LogP contribution >= 0.6 is 11.6 Å². The van der Waals surface area contributed by atoms with Crippen molar-refractivity contribution in [1.29, 1.82) is 0 Å². The van der Waals surface area contributed by atoms with Crippen molar-refractivity contribution in [2.75, 3.05) is 73.9 Å². The molecule has 0 saturated carbocycles. The van der Waals surface area contributed by atoms with Crippen LogP contribution in [0, 0.1) is 0 Å². The first-order valence-corrected chi connectivity index (χ1v) is 24.3. The Bertz CT molecular complexity index is 3230. The molecule has 5 heterocycles. The SMILES string of the molecule is CCS(=O)(=O)Nc1ccc(Oc2cccc(OCCOCCOC3CCN(c4ncc(Cl)c(Nc5ccc6c(c5)cc(OCC(=O)NC)c(=O)n6C)n4)CC3)c2)c(-c2cn(C)c(=O)c3[nH]ccc23)c1. The van der Waals surface area contributed by atoms with Crippen molar-refractivity contribution >= 4 is 72.5 Å². The number of hydrogen-bond acceptors (Lipinski definition) is 14. The fraction of sp³-hybridized carbons (Fsp3) is 0.312. The molecule has 0 aliphatic carbocycles. The number of H-pyrrole nitrogens is 1. The lowest BCUT2D eigenvalue weighted by Crippen LogP contribution is -2.38. The van der Waals surface area contributed by atoms with Gasteiger partial charge in [-0.3, -0.25) is 19.1 Å². The third-order valence-electron chi connectivity index (χ3n) is 11.5. The number of fused-ring (bicyclic) bond motifs is 2. The van der Waals surface area contributed by atoms with Crippen molar-refractivity contribution in [2.24, 2.45) is 14.1 Å². The van der Waals surface area contributed by atoms with E-state index in [2.05, 4.69) is 30.2 Å². The molecule has 1 amide bonds. The summed E-state index contributed by atoms with van der Waals surface area (Å²) in [6.07, 6.45) is 6.55. The lowest BCUT2D eigenvalue weighted by molar-refractivity contribution is -0.122. The van der Waals surface area contributed by atoms with Gasteiger partial charge >= 0.3 is 0 Å². The molecule has 3 aromatic carbocycles. The van der Waals surface area contributed by atoms with Crippen LogP contribution in [-0.2, 0) is 38.4 Å². The van der Waals surface area contributed by atoms with Crippen molar-refractivity contribution in [2.45, 2.75) is 25.9 Å². The zero-order valence-corrected chi connectivity index (χ0v) is 40.0. The number of likely N-dealkylation sites (N-methyl/N-ethyl adjacent to an activating group) is 1. The van der Waals surface area contributed by atoms with Crippen LogP contribution in [0.1, 0.15) is 19.8 Å². The van der Waals surface area contributed by atoms with Crippen LogP contribution in [0.25, 0.3) is 32.9 Å². The number of halogens is 1. The number of aromatic amines is 1. The van der Waals surface area contributed by atoms with Crippen molar-refractivity contribution in [3.05, 3.63) is 117 Å². The molecule has 362 valence electrons. The standard InChI is InChI=1S/C48H52ClN9O10S/c1-5-69(62,63)55-32-10-12-41(37(25-32)38-28-56(3)47(61)44-36(38)13-16-51-44)68-35-8-6-7-34(26-35)66-22-20-64-19-21-65-33-14-17-58(18-15-33)48-52-27-39(49)45(54-48)53-31-9-11-40-30(23-31)24-42(46(60)57(40)4)67-29-43(59)50-2/h6-13,16,23-28,33,51,55H,5,14-15,17-22,29H2,1-4H3,(H,50,59)(H,52,53,54). The molecular weight excluding hydrogens is 930 g/mol. The van der Waals surface area contributed by atoms with E-state index in [0.29, 0.717) is 118 Å². The normalized spacial score (nSPS) is 13.1. The van der Waals surface area contributed by atoms with E-state index < -0.39 is 10.0 Å². The van der Waals surface area contributed by atoms with Crippen LogP contribution in [-0.4, -0.2) is 103 Å². The Hall–Kier alpha value is -7.13. The second-order valence-corrected chi connectivity index (χ2v) is 18.6. The molecule has 7 aromatic rings. The lowest BCUT2D eigenvalue weighted by atomic mass is 10.0. The maximum Gasteiger partial charge on any atom is 0.293 e. The van der Waals surface area contributed by atoms with Crippen molar-refractivity contribution in [3.63, 3.8) is 0 Å². The zero-order chi connectivity index (χ0) is 48.7. The number of hydrogen-bond donors (Lipinski definition) is 4. The fourth-order valence-electron chi connectivity index (χ4n) is 7.78. The molecule has 0 unspecified atom stereocenters. The summed E-state index contributed by atoms with van der Waals surface area (Å²) in [5.74, 6) is 2.09. The second-order valence-electron chi connectivity index (χ2n) is 16.1. The number of anilines is 4. The maximum atomic E-state index is 12.8. The molecule has 1 aliphatic heterocycles. The van der Waals surface area contributed by atoms with Crippen molar-refractivity contribution in [3.8, 4) is 34.1 Å². The Kier molecular flexibility index (Phi) is 15.0. The molecule has 69 heavy (non-hydrogen) atoms. The summed E-state index contributed by atoms with van der Waals surface area (Å²) < 4.78 is 60.3. The number of benzene rings is 3. The number of aryl methyl sites for hydroxylation is 2. The maximum absolute atomic E-state index is 12.8. The fourth-order valence-corrected chi connectivity index (χ4v) is 8.55. The third kappa shape index (κ3) is 11.6.